The Balaban J connectivity index is 2.24. The topological polar surface area (TPSA) is 74.8 Å². The van der Waals surface area contributed by atoms with Gasteiger partial charge in [0.15, 0.2) is 0 Å². The molecule has 1 aliphatic heterocycles. The van der Waals surface area contributed by atoms with Crippen LogP contribution >= 0.6 is 11.6 Å². The van der Waals surface area contributed by atoms with Gasteiger partial charge in [0.2, 0.25) is 0 Å². The van der Waals surface area contributed by atoms with Crippen LogP contribution in [0.25, 0.3) is 0 Å². The number of amides is 3. The fraction of sp³-hybridized carbons (Fsp3) is 0.385. The number of carbonyl (C=O) groups excluding carboxylic acids is 2. The average Bonchev–Trinajstić information content (AvgIpc) is 2.59. The predicted molar refractivity (Wildman–Crippen MR) is 80.2 cm³/mol. The lowest BCUT2D eigenvalue weighted by atomic mass is 10.2. The zero-order valence-electron chi connectivity index (χ0n) is 11.6. The lowest BCUT2D eigenvalue weighted by Gasteiger charge is -2.19. The summed E-state index contributed by atoms with van der Waals surface area (Å²) < 4.78 is 22.4. The molecule has 0 saturated carbocycles. The minimum absolute atomic E-state index is 0.134. The van der Waals surface area contributed by atoms with Gasteiger partial charge in [0.1, 0.15) is 15.9 Å². The normalized spacial score (nSPS) is 19.5. The van der Waals surface area contributed by atoms with Crippen LogP contribution in [0, 0.1) is 0 Å². The van der Waals surface area contributed by atoms with Crippen LogP contribution in [-0.2, 0) is 14.6 Å². The third-order valence-electron chi connectivity index (χ3n) is 3.24. The van der Waals surface area contributed by atoms with E-state index in [1.807, 2.05) is 0 Å². The minimum atomic E-state index is -3.25. The van der Waals surface area contributed by atoms with Crippen molar-refractivity contribution < 1.29 is 18.0 Å². The molecule has 0 radical (unpaired) electrons. The summed E-state index contributed by atoms with van der Waals surface area (Å²) in [4.78, 5) is 26.8. The maximum atomic E-state index is 12.3. The van der Waals surface area contributed by atoms with E-state index in [1.165, 1.54) is 4.90 Å². The van der Waals surface area contributed by atoms with Crippen molar-refractivity contribution in [1.29, 1.82) is 0 Å². The average molecular weight is 331 g/mol. The van der Waals surface area contributed by atoms with Gasteiger partial charge in [-0.15, -0.1) is 0 Å². The second kappa shape index (κ2) is 5.65. The third-order valence-corrected chi connectivity index (χ3v) is 4.41. The summed E-state index contributed by atoms with van der Waals surface area (Å²) in [5.41, 5.74) is 0.548. The minimum Gasteiger partial charge on any atom is -0.282 e. The van der Waals surface area contributed by atoms with Gasteiger partial charge in [0.25, 0.3) is 5.91 Å². The SMILES string of the molecule is C[C@H]1C(=O)N(CCS(C)(=O)=O)C(=O)N1c1ccc(Cl)cc1. The molecule has 0 aromatic heterocycles. The Bertz CT molecular complexity index is 672. The van der Waals surface area contributed by atoms with Gasteiger partial charge in [0, 0.05) is 23.5 Å². The fourth-order valence-corrected chi connectivity index (χ4v) is 2.76. The summed E-state index contributed by atoms with van der Waals surface area (Å²) in [5, 5.41) is 0.526. The molecule has 1 atom stereocenters. The van der Waals surface area contributed by atoms with Crippen LogP contribution in [0.15, 0.2) is 24.3 Å². The molecule has 0 spiro atoms. The monoisotopic (exact) mass is 330 g/mol. The largest absolute Gasteiger partial charge is 0.332 e. The summed E-state index contributed by atoms with van der Waals surface area (Å²) in [6.07, 6.45) is 1.07. The van der Waals surface area contributed by atoms with Crippen LogP contribution in [0.1, 0.15) is 6.92 Å². The van der Waals surface area contributed by atoms with Gasteiger partial charge < -0.3 is 0 Å². The molecular formula is C13H15ClN2O4S. The van der Waals surface area contributed by atoms with Gasteiger partial charge in [0.05, 0.1) is 5.75 Å². The predicted octanol–water partition coefficient (Wildman–Crippen LogP) is 1.54. The molecule has 1 aromatic carbocycles. The first-order valence-corrected chi connectivity index (χ1v) is 8.72. The molecular weight excluding hydrogens is 316 g/mol. The molecule has 0 N–H and O–H groups in total. The van der Waals surface area contributed by atoms with Gasteiger partial charge in [-0.2, -0.15) is 0 Å². The van der Waals surface area contributed by atoms with Crippen LogP contribution in [0.4, 0.5) is 10.5 Å². The molecule has 6 nitrogen and oxygen atoms in total. The van der Waals surface area contributed by atoms with Crippen molar-refractivity contribution in [2.75, 3.05) is 23.5 Å². The molecule has 1 saturated heterocycles. The standard InChI is InChI=1S/C13H15ClN2O4S/c1-9-12(17)15(7-8-21(2,19)20)13(18)16(9)11-5-3-10(14)4-6-11/h3-6,9H,7-8H2,1-2H3/t9-/m0/s1. The Hall–Kier alpha value is -1.60. The summed E-state index contributed by atoms with van der Waals surface area (Å²) in [6, 6.07) is 5.35. The summed E-state index contributed by atoms with van der Waals surface area (Å²) in [6.45, 7) is 1.47. The number of anilines is 1. The van der Waals surface area contributed by atoms with Crippen molar-refractivity contribution >= 4 is 39.1 Å². The number of imide groups is 1. The Kier molecular flexibility index (Phi) is 4.25. The number of hydrogen-bond donors (Lipinski definition) is 0. The van der Waals surface area contributed by atoms with Crippen LogP contribution in [0.2, 0.25) is 5.02 Å². The quantitative estimate of drug-likeness (QED) is 0.785. The van der Waals surface area contributed by atoms with Crippen molar-refractivity contribution in [2.24, 2.45) is 0 Å². The molecule has 114 valence electrons. The van der Waals surface area contributed by atoms with Gasteiger partial charge in [-0.1, -0.05) is 11.6 Å². The molecule has 1 aromatic rings. The Labute approximate surface area is 128 Å². The molecule has 8 heteroatoms. The summed E-state index contributed by atoms with van der Waals surface area (Å²) in [5.74, 6) is -0.648. The maximum Gasteiger partial charge on any atom is 0.332 e. The van der Waals surface area contributed by atoms with Crippen molar-refractivity contribution in [3.63, 3.8) is 0 Å². The first-order valence-electron chi connectivity index (χ1n) is 6.28. The Morgan fingerprint density at radius 3 is 2.29 bits per heavy atom. The molecule has 0 unspecified atom stereocenters. The first-order chi connectivity index (χ1) is 9.70. The maximum absolute atomic E-state index is 12.3. The lowest BCUT2D eigenvalue weighted by molar-refractivity contribution is -0.126. The lowest BCUT2D eigenvalue weighted by Crippen LogP contribution is -2.36. The number of halogens is 1. The highest BCUT2D eigenvalue weighted by Crippen LogP contribution is 2.26. The smallest absolute Gasteiger partial charge is 0.282 e. The summed E-state index contributed by atoms with van der Waals surface area (Å²) in [7, 11) is -3.25. The number of benzene rings is 1. The van der Waals surface area contributed by atoms with Crippen molar-refractivity contribution in [2.45, 2.75) is 13.0 Å². The molecule has 1 heterocycles. The van der Waals surface area contributed by atoms with Gasteiger partial charge in [-0.05, 0) is 31.2 Å². The van der Waals surface area contributed by atoms with E-state index in [4.69, 9.17) is 11.6 Å². The molecule has 1 fully saturated rings. The number of nitrogens with zero attached hydrogens (tertiary/aromatic N) is 2. The van der Waals surface area contributed by atoms with Crippen molar-refractivity contribution in [3.05, 3.63) is 29.3 Å². The van der Waals surface area contributed by atoms with Gasteiger partial charge >= 0.3 is 6.03 Å². The second-order valence-electron chi connectivity index (χ2n) is 4.92. The first kappa shape index (κ1) is 15.8. The van der Waals surface area contributed by atoms with Crippen LogP contribution < -0.4 is 4.90 Å². The summed E-state index contributed by atoms with van der Waals surface area (Å²) >= 11 is 5.80. The molecule has 21 heavy (non-hydrogen) atoms. The number of rotatable bonds is 4. The van der Waals surface area contributed by atoms with Crippen LogP contribution in [-0.4, -0.2) is 49.9 Å². The Morgan fingerprint density at radius 1 is 1.19 bits per heavy atom. The van der Waals surface area contributed by atoms with Crippen LogP contribution in [0.3, 0.4) is 0 Å². The highest BCUT2D eigenvalue weighted by molar-refractivity contribution is 7.90. The van der Waals surface area contributed by atoms with Crippen molar-refractivity contribution in [1.82, 2.24) is 4.90 Å². The number of urea groups is 1. The van der Waals surface area contributed by atoms with Gasteiger partial charge in [-0.3, -0.25) is 14.6 Å². The van der Waals surface area contributed by atoms with E-state index in [0.717, 1.165) is 11.2 Å². The van der Waals surface area contributed by atoms with E-state index in [0.29, 0.717) is 10.7 Å². The zero-order chi connectivity index (χ0) is 15.8. The second-order valence-corrected chi connectivity index (χ2v) is 7.62. The highest BCUT2D eigenvalue weighted by Gasteiger charge is 2.43. The van der Waals surface area contributed by atoms with E-state index in [1.54, 1.807) is 31.2 Å². The number of hydrogen-bond acceptors (Lipinski definition) is 4. The fourth-order valence-electron chi connectivity index (χ4n) is 2.12. The number of carbonyl (C=O) groups is 2. The van der Waals surface area contributed by atoms with E-state index in [2.05, 4.69) is 0 Å². The third kappa shape index (κ3) is 3.36. The van der Waals surface area contributed by atoms with Crippen molar-refractivity contribution in [3.8, 4) is 0 Å². The van der Waals surface area contributed by atoms with Gasteiger partial charge in [-0.25, -0.2) is 13.2 Å². The van der Waals surface area contributed by atoms with E-state index < -0.39 is 27.8 Å². The highest BCUT2D eigenvalue weighted by atomic mass is 35.5. The van der Waals surface area contributed by atoms with E-state index >= 15 is 0 Å². The number of sulfone groups is 1. The van der Waals surface area contributed by atoms with E-state index in [-0.39, 0.29) is 12.3 Å². The molecule has 0 aliphatic carbocycles. The Morgan fingerprint density at radius 2 is 1.76 bits per heavy atom. The zero-order valence-corrected chi connectivity index (χ0v) is 13.2. The van der Waals surface area contributed by atoms with E-state index in [9.17, 15) is 18.0 Å². The van der Waals surface area contributed by atoms with Crippen LogP contribution in [0.5, 0.6) is 0 Å². The molecule has 3 amide bonds. The molecule has 2 rings (SSSR count). The molecule has 1 aliphatic rings. The molecule has 0 bridgehead atoms.